The summed E-state index contributed by atoms with van der Waals surface area (Å²) in [6, 6.07) is 0.134. The van der Waals surface area contributed by atoms with Gasteiger partial charge in [0.05, 0.1) is 17.8 Å². The van der Waals surface area contributed by atoms with Crippen LogP contribution in [0.2, 0.25) is 0 Å². The Morgan fingerprint density at radius 2 is 2.08 bits per heavy atom. The molecule has 0 N–H and O–H groups in total. The van der Waals surface area contributed by atoms with Gasteiger partial charge in [-0.05, 0) is 33.9 Å². The van der Waals surface area contributed by atoms with Gasteiger partial charge in [0.1, 0.15) is 6.61 Å². The first-order chi connectivity index (χ1) is 11.9. The van der Waals surface area contributed by atoms with Gasteiger partial charge in [0.15, 0.2) is 0 Å². The lowest BCUT2D eigenvalue weighted by molar-refractivity contribution is -0.187. The molecule has 0 radical (unpaired) electrons. The van der Waals surface area contributed by atoms with Crippen LogP contribution in [0.4, 0.5) is 0 Å². The fourth-order valence-corrected chi connectivity index (χ4v) is 4.00. The minimum Gasteiger partial charge on any atom is -0.363 e. The van der Waals surface area contributed by atoms with Crippen LogP contribution in [0.25, 0.3) is 0 Å². The smallest absolute Gasteiger partial charge is 0.248 e. The van der Waals surface area contributed by atoms with Crippen LogP contribution in [0, 0.1) is 0 Å². The number of hydrogen-bond donors (Lipinski definition) is 0. The third-order valence-electron chi connectivity index (χ3n) is 5.69. The van der Waals surface area contributed by atoms with Crippen molar-refractivity contribution in [2.45, 2.75) is 38.0 Å². The molecule has 0 saturated carbocycles. The number of likely N-dealkylation sites (tertiary alicyclic amines) is 1. The first-order valence-electron chi connectivity index (χ1n) is 9.18. The van der Waals surface area contributed by atoms with E-state index < -0.39 is 0 Å². The lowest BCUT2D eigenvalue weighted by Crippen LogP contribution is -2.64. The molecule has 0 unspecified atom stereocenters. The summed E-state index contributed by atoms with van der Waals surface area (Å²) < 4.78 is 7.97. The van der Waals surface area contributed by atoms with Crippen LogP contribution < -0.4 is 0 Å². The molecule has 3 heterocycles. The van der Waals surface area contributed by atoms with E-state index in [1.54, 1.807) is 0 Å². The molecule has 1 aromatic rings. The molecule has 2 aliphatic rings. The number of carbonyl (C=O) groups is 1. The van der Waals surface area contributed by atoms with Crippen LogP contribution in [0.15, 0.2) is 12.4 Å². The zero-order valence-electron chi connectivity index (χ0n) is 15.9. The van der Waals surface area contributed by atoms with Gasteiger partial charge in [-0.2, -0.15) is 5.10 Å². The summed E-state index contributed by atoms with van der Waals surface area (Å²) in [5.74, 6) is 0.123. The van der Waals surface area contributed by atoms with Gasteiger partial charge in [0.25, 0.3) is 0 Å². The van der Waals surface area contributed by atoms with Crippen molar-refractivity contribution in [1.29, 1.82) is 0 Å². The molecule has 25 heavy (non-hydrogen) atoms. The largest absolute Gasteiger partial charge is 0.363 e. The lowest BCUT2D eigenvalue weighted by atomic mass is 9.82. The monoisotopic (exact) mass is 349 g/mol. The molecule has 140 valence electrons. The predicted molar refractivity (Wildman–Crippen MR) is 96.1 cm³/mol. The third kappa shape index (κ3) is 4.04. The van der Waals surface area contributed by atoms with Crippen LogP contribution in [0.5, 0.6) is 0 Å². The molecular formula is C18H31N5O2. The van der Waals surface area contributed by atoms with Crippen molar-refractivity contribution in [3.8, 4) is 0 Å². The number of aryl methyl sites for hydroxylation is 1. The first-order valence-corrected chi connectivity index (χ1v) is 9.18. The zero-order valence-corrected chi connectivity index (χ0v) is 15.9. The highest BCUT2D eigenvalue weighted by Crippen LogP contribution is 2.35. The van der Waals surface area contributed by atoms with E-state index in [1.807, 2.05) is 36.9 Å². The number of likely N-dealkylation sites (N-methyl/N-ethyl adjacent to an activating group) is 1. The number of amides is 1. The molecule has 2 saturated heterocycles. The maximum absolute atomic E-state index is 12.3. The Kier molecular flexibility index (Phi) is 5.46. The molecule has 2 fully saturated rings. The molecule has 7 heteroatoms. The van der Waals surface area contributed by atoms with Gasteiger partial charge in [-0.15, -0.1) is 0 Å². The molecule has 0 bridgehead atoms. The number of piperidine rings is 1. The van der Waals surface area contributed by atoms with Crippen molar-refractivity contribution in [2.75, 3.05) is 46.9 Å². The summed E-state index contributed by atoms with van der Waals surface area (Å²) in [7, 11) is 6.04. The second-order valence-corrected chi connectivity index (χ2v) is 7.72. The predicted octanol–water partition coefficient (Wildman–Crippen LogP) is 0.564. The van der Waals surface area contributed by atoms with E-state index in [0.29, 0.717) is 0 Å². The summed E-state index contributed by atoms with van der Waals surface area (Å²) in [6.07, 6.45) is 5.96. The number of aromatic nitrogens is 2. The van der Waals surface area contributed by atoms with Crippen LogP contribution in [-0.2, 0) is 23.1 Å². The standard InChI is InChI=1S/C18H31N5O2/c1-15-18(25-14-17(24)23(15)10-9-20(2)3)5-7-22(8-6-18)13-16-11-19-21(4)12-16/h11-12,15H,5-10,13-14H2,1-4H3/t15-/m0/s1. The van der Waals surface area contributed by atoms with Crippen LogP contribution in [-0.4, -0.2) is 88.9 Å². The highest BCUT2D eigenvalue weighted by atomic mass is 16.5. The van der Waals surface area contributed by atoms with Gasteiger partial charge in [-0.1, -0.05) is 0 Å². The minimum atomic E-state index is -0.189. The fourth-order valence-electron chi connectivity index (χ4n) is 4.00. The fraction of sp³-hybridized carbons (Fsp3) is 0.778. The number of rotatable bonds is 5. The Bertz CT molecular complexity index is 592. The molecule has 0 aromatic carbocycles. The number of morpholine rings is 1. The maximum atomic E-state index is 12.3. The average molecular weight is 349 g/mol. The lowest BCUT2D eigenvalue weighted by Gasteiger charge is -2.51. The van der Waals surface area contributed by atoms with Crippen LogP contribution in [0.1, 0.15) is 25.3 Å². The summed E-state index contributed by atoms with van der Waals surface area (Å²) >= 11 is 0. The zero-order chi connectivity index (χ0) is 18.0. The molecule has 3 rings (SSSR count). The Hall–Kier alpha value is -1.44. The van der Waals surface area contributed by atoms with E-state index in [0.717, 1.165) is 45.6 Å². The molecule has 1 amide bonds. The summed E-state index contributed by atoms with van der Waals surface area (Å²) in [6.45, 7) is 6.96. The van der Waals surface area contributed by atoms with E-state index in [9.17, 15) is 4.79 Å². The van der Waals surface area contributed by atoms with Crippen molar-refractivity contribution in [3.63, 3.8) is 0 Å². The number of carbonyl (C=O) groups excluding carboxylic acids is 1. The summed E-state index contributed by atoms with van der Waals surface area (Å²) in [5, 5.41) is 4.25. The Morgan fingerprint density at radius 1 is 1.36 bits per heavy atom. The third-order valence-corrected chi connectivity index (χ3v) is 5.69. The van der Waals surface area contributed by atoms with Crippen molar-refractivity contribution < 1.29 is 9.53 Å². The van der Waals surface area contributed by atoms with Gasteiger partial charge in [-0.3, -0.25) is 14.4 Å². The van der Waals surface area contributed by atoms with Crippen LogP contribution >= 0.6 is 0 Å². The van der Waals surface area contributed by atoms with Gasteiger partial charge < -0.3 is 14.5 Å². The minimum absolute atomic E-state index is 0.123. The van der Waals surface area contributed by atoms with Crippen molar-refractivity contribution in [1.82, 2.24) is 24.5 Å². The summed E-state index contributed by atoms with van der Waals surface area (Å²) in [4.78, 5) is 18.9. The number of hydrogen-bond acceptors (Lipinski definition) is 5. The molecule has 2 aliphatic heterocycles. The second kappa shape index (κ2) is 7.43. The second-order valence-electron chi connectivity index (χ2n) is 7.72. The Balaban J connectivity index is 1.59. The van der Waals surface area contributed by atoms with E-state index in [2.05, 4.69) is 28.0 Å². The highest BCUT2D eigenvalue weighted by molar-refractivity contribution is 5.78. The summed E-state index contributed by atoms with van der Waals surface area (Å²) in [5.41, 5.74) is 1.06. The van der Waals surface area contributed by atoms with E-state index >= 15 is 0 Å². The molecular weight excluding hydrogens is 318 g/mol. The SMILES string of the molecule is C[C@@H]1N(CCN(C)C)C(=O)COC12CCN(Cc1cnn(C)c1)CC2. The van der Waals surface area contributed by atoms with E-state index in [4.69, 9.17) is 4.74 Å². The Morgan fingerprint density at radius 3 is 2.68 bits per heavy atom. The topological polar surface area (TPSA) is 53.8 Å². The number of ether oxygens (including phenoxy) is 1. The molecule has 0 aliphatic carbocycles. The van der Waals surface area contributed by atoms with Crippen molar-refractivity contribution in [3.05, 3.63) is 18.0 Å². The molecule has 1 atom stereocenters. The average Bonchev–Trinajstić information content (AvgIpc) is 2.98. The molecule has 1 spiro atoms. The molecule has 1 aromatic heterocycles. The van der Waals surface area contributed by atoms with Gasteiger partial charge in [0, 0.05) is 51.5 Å². The van der Waals surface area contributed by atoms with Gasteiger partial charge in [0.2, 0.25) is 5.91 Å². The number of nitrogens with zero attached hydrogens (tertiary/aromatic N) is 5. The normalized spacial score (nSPS) is 24.4. The first kappa shape index (κ1) is 18.4. The Labute approximate surface area is 150 Å². The van der Waals surface area contributed by atoms with Crippen molar-refractivity contribution in [2.24, 2.45) is 7.05 Å². The van der Waals surface area contributed by atoms with Crippen molar-refractivity contribution >= 4 is 5.91 Å². The molecule has 7 nitrogen and oxygen atoms in total. The van der Waals surface area contributed by atoms with Crippen LogP contribution in [0.3, 0.4) is 0 Å². The van der Waals surface area contributed by atoms with E-state index in [1.165, 1.54) is 5.56 Å². The maximum Gasteiger partial charge on any atom is 0.248 e. The van der Waals surface area contributed by atoms with Gasteiger partial charge in [-0.25, -0.2) is 0 Å². The highest BCUT2D eigenvalue weighted by Gasteiger charge is 2.47. The van der Waals surface area contributed by atoms with E-state index in [-0.39, 0.29) is 24.2 Å². The van der Waals surface area contributed by atoms with Gasteiger partial charge >= 0.3 is 0 Å². The quantitative estimate of drug-likeness (QED) is 0.778.